The quantitative estimate of drug-likeness (QED) is 0.722. The number of aryl methyl sites for hydroxylation is 1. The van der Waals surface area contributed by atoms with E-state index in [0.717, 1.165) is 10.6 Å². The van der Waals surface area contributed by atoms with Crippen molar-refractivity contribution in [3.8, 4) is 5.69 Å². The lowest BCUT2D eigenvalue weighted by molar-refractivity contribution is -0.143. The Labute approximate surface area is 120 Å². The molecule has 0 bridgehead atoms. The van der Waals surface area contributed by atoms with Crippen LogP contribution in [-0.4, -0.2) is 4.57 Å². The molecule has 8 heteroatoms. The van der Waals surface area contributed by atoms with Crippen LogP contribution in [0.2, 0.25) is 0 Å². The Morgan fingerprint density at radius 1 is 0.864 bits per heavy atom. The van der Waals surface area contributed by atoms with Crippen molar-refractivity contribution in [2.24, 2.45) is 0 Å². The maximum atomic E-state index is 12.8. The molecule has 22 heavy (non-hydrogen) atoms. The van der Waals surface area contributed by atoms with Gasteiger partial charge in [0.2, 0.25) is 0 Å². The van der Waals surface area contributed by atoms with Gasteiger partial charge in [-0.2, -0.15) is 26.3 Å². The first-order valence-electron chi connectivity index (χ1n) is 5.97. The molecule has 1 aromatic heterocycles. The fraction of sp³-hybridized carbons (Fsp3) is 0.214. The van der Waals surface area contributed by atoms with Crippen LogP contribution in [0.5, 0.6) is 0 Å². The van der Waals surface area contributed by atoms with Crippen LogP contribution in [-0.2, 0) is 12.4 Å². The van der Waals surface area contributed by atoms with E-state index in [9.17, 15) is 31.1 Å². The summed E-state index contributed by atoms with van der Waals surface area (Å²) in [7, 11) is 0. The third-order valence-corrected chi connectivity index (χ3v) is 2.91. The molecule has 0 radical (unpaired) electrons. The largest absolute Gasteiger partial charge is 0.416 e. The highest BCUT2D eigenvalue weighted by Gasteiger charge is 2.37. The zero-order valence-corrected chi connectivity index (χ0v) is 11.1. The monoisotopic (exact) mass is 321 g/mol. The number of hydrogen-bond donors (Lipinski definition) is 0. The maximum Gasteiger partial charge on any atom is 0.416 e. The predicted molar refractivity (Wildman–Crippen MR) is 66.8 cm³/mol. The van der Waals surface area contributed by atoms with E-state index in [0.29, 0.717) is 17.7 Å². The Morgan fingerprint density at radius 3 is 1.82 bits per heavy atom. The van der Waals surface area contributed by atoms with Crippen molar-refractivity contribution in [1.29, 1.82) is 0 Å². The summed E-state index contributed by atoms with van der Waals surface area (Å²) in [6.07, 6.45) is -8.73. The second kappa shape index (κ2) is 5.19. The fourth-order valence-corrected chi connectivity index (χ4v) is 1.87. The lowest BCUT2D eigenvalue weighted by atomic mass is 10.1. The molecule has 2 nitrogen and oxygen atoms in total. The van der Waals surface area contributed by atoms with E-state index in [1.54, 1.807) is 6.92 Å². The molecule has 2 rings (SSSR count). The second-order valence-electron chi connectivity index (χ2n) is 4.68. The molecule has 0 aliphatic rings. The molecule has 2 aromatic rings. The molecule has 0 saturated heterocycles. The van der Waals surface area contributed by atoms with Gasteiger partial charge >= 0.3 is 12.4 Å². The van der Waals surface area contributed by atoms with Crippen molar-refractivity contribution in [1.82, 2.24) is 4.57 Å². The molecule has 0 aliphatic carbocycles. The summed E-state index contributed by atoms with van der Waals surface area (Å²) in [5.74, 6) is 0. The Morgan fingerprint density at radius 2 is 1.36 bits per heavy atom. The van der Waals surface area contributed by atoms with Crippen LogP contribution in [0.15, 0.2) is 41.3 Å². The maximum absolute atomic E-state index is 12.8. The topological polar surface area (TPSA) is 22.0 Å². The van der Waals surface area contributed by atoms with Gasteiger partial charge in [0.1, 0.15) is 0 Å². The van der Waals surface area contributed by atoms with Gasteiger partial charge in [-0.05, 0) is 30.7 Å². The first-order valence-corrected chi connectivity index (χ1v) is 5.97. The number of nitrogens with zero attached hydrogens (tertiary/aromatic N) is 1. The molecule has 0 fully saturated rings. The second-order valence-corrected chi connectivity index (χ2v) is 4.68. The minimum absolute atomic E-state index is 0.0182. The zero-order chi connectivity index (χ0) is 16.7. The van der Waals surface area contributed by atoms with Crippen molar-refractivity contribution in [3.05, 3.63) is 63.6 Å². The SMILES string of the molecule is Cc1ccc(=O)n(-c2cc(C(F)(F)F)cc(C(F)(F)F)c2)c1. The smallest absolute Gasteiger partial charge is 0.284 e. The molecule has 0 N–H and O–H groups in total. The van der Waals surface area contributed by atoms with Gasteiger partial charge in [-0.15, -0.1) is 0 Å². The molecule has 0 spiro atoms. The average Bonchev–Trinajstić information content (AvgIpc) is 2.39. The van der Waals surface area contributed by atoms with E-state index >= 15 is 0 Å². The molecule has 0 atom stereocenters. The standard InChI is InChI=1S/C14H9F6NO/c1-8-2-3-12(22)21(7-8)11-5-9(13(15,16)17)4-10(6-11)14(18,19)20/h2-7H,1H3. The number of halogens is 6. The normalized spacial score (nSPS) is 12.5. The van der Waals surface area contributed by atoms with Gasteiger partial charge in [0, 0.05) is 18.0 Å². The number of alkyl halides is 6. The highest BCUT2D eigenvalue weighted by molar-refractivity contribution is 5.43. The van der Waals surface area contributed by atoms with Crippen molar-refractivity contribution in [2.45, 2.75) is 19.3 Å². The van der Waals surface area contributed by atoms with Gasteiger partial charge in [-0.1, -0.05) is 6.07 Å². The number of rotatable bonds is 1. The van der Waals surface area contributed by atoms with Crippen LogP contribution in [0.1, 0.15) is 16.7 Å². The van der Waals surface area contributed by atoms with E-state index in [1.807, 2.05) is 0 Å². The molecule has 0 unspecified atom stereocenters. The van der Waals surface area contributed by atoms with Gasteiger partial charge < -0.3 is 0 Å². The van der Waals surface area contributed by atoms with Crippen LogP contribution in [0.4, 0.5) is 26.3 Å². The highest BCUT2D eigenvalue weighted by atomic mass is 19.4. The van der Waals surface area contributed by atoms with E-state index < -0.39 is 34.7 Å². The fourth-order valence-electron chi connectivity index (χ4n) is 1.87. The third-order valence-electron chi connectivity index (χ3n) is 2.91. The average molecular weight is 321 g/mol. The summed E-state index contributed by atoms with van der Waals surface area (Å²) in [5.41, 5.74) is -3.63. The summed E-state index contributed by atoms with van der Waals surface area (Å²) in [6, 6.07) is 3.52. The van der Waals surface area contributed by atoms with E-state index in [2.05, 4.69) is 0 Å². The minimum Gasteiger partial charge on any atom is -0.284 e. The molecule has 1 aromatic carbocycles. The number of pyridine rings is 1. The summed E-state index contributed by atoms with van der Waals surface area (Å²) in [6.45, 7) is 1.56. The van der Waals surface area contributed by atoms with Gasteiger partial charge in [0.15, 0.2) is 0 Å². The molecule has 0 aliphatic heterocycles. The summed E-state index contributed by atoms with van der Waals surface area (Å²) in [4.78, 5) is 11.7. The van der Waals surface area contributed by atoms with Crippen LogP contribution in [0, 0.1) is 6.92 Å². The van der Waals surface area contributed by atoms with Gasteiger partial charge in [0.25, 0.3) is 5.56 Å². The van der Waals surface area contributed by atoms with Gasteiger partial charge in [0.05, 0.1) is 11.1 Å². The van der Waals surface area contributed by atoms with E-state index in [4.69, 9.17) is 0 Å². The van der Waals surface area contributed by atoms with Crippen LogP contribution in [0.25, 0.3) is 5.69 Å². The third kappa shape index (κ3) is 3.32. The van der Waals surface area contributed by atoms with Crippen LogP contribution >= 0.6 is 0 Å². The highest BCUT2D eigenvalue weighted by Crippen LogP contribution is 2.36. The number of hydrogen-bond acceptors (Lipinski definition) is 1. The Hall–Kier alpha value is -2.25. The zero-order valence-electron chi connectivity index (χ0n) is 11.1. The Kier molecular flexibility index (Phi) is 3.80. The first kappa shape index (κ1) is 16.1. The lowest BCUT2D eigenvalue weighted by Crippen LogP contribution is -2.19. The molecular formula is C14H9F6NO. The van der Waals surface area contributed by atoms with Crippen molar-refractivity contribution in [3.63, 3.8) is 0 Å². The summed E-state index contributed by atoms with van der Waals surface area (Å²) >= 11 is 0. The Bertz CT molecular complexity index is 725. The van der Waals surface area contributed by atoms with Crippen LogP contribution < -0.4 is 5.56 Å². The lowest BCUT2D eigenvalue weighted by Gasteiger charge is -2.15. The van der Waals surface area contributed by atoms with Gasteiger partial charge in [-0.3, -0.25) is 9.36 Å². The van der Waals surface area contributed by atoms with Crippen LogP contribution in [0.3, 0.4) is 0 Å². The van der Waals surface area contributed by atoms with Crippen molar-refractivity contribution < 1.29 is 26.3 Å². The first-order chi connectivity index (χ1) is 9.98. The minimum atomic E-state index is -4.95. The molecule has 1 heterocycles. The predicted octanol–water partition coefficient (Wildman–Crippen LogP) is 4.18. The summed E-state index contributed by atoms with van der Waals surface area (Å²) < 4.78 is 77.4. The number of aromatic nitrogens is 1. The molecule has 0 saturated carbocycles. The van der Waals surface area contributed by atoms with Crippen molar-refractivity contribution in [2.75, 3.05) is 0 Å². The van der Waals surface area contributed by atoms with Gasteiger partial charge in [-0.25, -0.2) is 0 Å². The molecule has 118 valence electrons. The Balaban J connectivity index is 2.76. The molecule has 0 amide bonds. The molecular weight excluding hydrogens is 312 g/mol. The summed E-state index contributed by atoms with van der Waals surface area (Å²) in [5, 5.41) is 0. The van der Waals surface area contributed by atoms with Crippen molar-refractivity contribution >= 4 is 0 Å². The van der Waals surface area contributed by atoms with E-state index in [1.165, 1.54) is 12.3 Å². The number of benzene rings is 1. The van der Waals surface area contributed by atoms with E-state index in [-0.39, 0.29) is 6.07 Å².